The second-order valence-electron chi connectivity index (χ2n) is 8.13. The van der Waals surface area contributed by atoms with Crippen molar-refractivity contribution in [3.63, 3.8) is 0 Å². The molecule has 3 rings (SSSR count). The van der Waals surface area contributed by atoms with Crippen LogP contribution >= 0.6 is 63.7 Å². The van der Waals surface area contributed by atoms with Gasteiger partial charge in [0.15, 0.2) is 15.9 Å². The van der Waals surface area contributed by atoms with Crippen molar-refractivity contribution in [2.24, 2.45) is 5.16 Å². The van der Waals surface area contributed by atoms with E-state index in [2.05, 4.69) is 74.2 Å². The van der Waals surface area contributed by atoms with Crippen LogP contribution in [0.5, 0.6) is 5.75 Å². The monoisotopic (exact) mass is 831 g/mol. The summed E-state index contributed by atoms with van der Waals surface area (Å²) in [6, 6.07) is 3.07. The second kappa shape index (κ2) is 14.9. The molecule has 1 amide bonds. The van der Waals surface area contributed by atoms with E-state index in [1.807, 2.05) is 0 Å². The van der Waals surface area contributed by atoms with Gasteiger partial charge in [0, 0.05) is 19.5 Å². The first-order valence-corrected chi connectivity index (χ1v) is 15.4. The number of rotatable bonds is 11. The molecule has 39 heavy (non-hydrogen) atoms. The van der Waals surface area contributed by atoms with Crippen LogP contribution < -0.4 is 44.3 Å². The summed E-state index contributed by atoms with van der Waals surface area (Å²) in [4.78, 5) is 18.1. The number of aliphatic hydroxyl groups excluding tert-OH is 2. The van der Waals surface area contributed by atoms with Crippen molar-refractivity contribution in [3.8, 4) is 5.75 Å². The number of methoxy groups -OCH3 is 1. The Morgan fingerprint density at radius 3 is 2.54 bits per heavy atom. The van der Waals surface area contributed by atoms with Gasteiger partial charge in [0.05, 0.1) is 37.7 Å². The molecule has 1 spiro atoms. The first kappa shape index (κ1) is 35.1. The summed E-state index contributed by atoms with van der Waals surface area (Å²) in [5.74, 6) is 0.413. The summed E-state index contributed by atoms with van der Waals surface area (Å²) in [6.07, 6.45) is -0.268. The molecule has 4 N–H and O–H groups in total. The van der Waals surface area contributed by atoms with E-state index >= 15 is 0 Å². The fourth-order valence-electron chi connectivity index (χ4n) is 3.58. The number of amides is 1. The quantitative estimate of drug-likeness (QED) is 0.131. The van der Waals surface area contributed by atoms with Crippen LogP contribution in [0.15, 0.2) is 47.0 Å². The van der Waals surface area contributed by atoms with Crippen LogP contribution in [0, 0.1) is 0 Å². The van der Waals surface area contributed by atoms with E-state index < -0.39 is 40.6 Å². The van der Waals surface area contributed by atoms with Crippen LogP contribution in [0.25, 0.3) is 0 Å². The number of nitrogens with zero attached hydrogens (tertiary/aromatic N) is 1. The zero-order valence-electron chi connectivity index (χ0n) is 20.5. The van der Waals surface area contributed by atoms with E-state index in [9.17, 15) is 28.0 Å². The Balaban J connectivity index is 0.00000533. The summed E-state index contributed by atoms with van der Waals surface area (Å²) in [6.45, 7) is 0.0245. The average molecular weight is 835 g/mol. The van der Waals surface area contributed by atoms with E-state index in [1.165, 1.54) is 19.2 Å². The number of hydrogen-bond donors (Lipinski definition) is 4. The Bertz CT molecular complexity index is 1270. The Hall–Kier alpha value is -0.0500. The summed E-state index contributed by atoms with van der Waals surface area (Å²) >= 11 is 13.4. The number of benzene rings is 1. The van der Waals surface area contributed by atoms with E-state index in [4.69, 9.17) is 14.3 Å². The number of carbonyl (C=O) groups is 1. The minimum absolute atomic E-state index is 0. The molecule has 1 aromatic carbocycles. The van der Waals surface area contributed by atoms with Gasteiger partial charge >= 0.3 is 29.6 Å². The molecule has 3 atom stereocenters. The van der Waals surface area contributed by atoms with Gasteiger partial charge in [0.25, 0.3) is 5.91 Å². The minimum atomic E-state index is -4.68. The van der Waals surface area contributed by atoms with Gasteiger partial charge in [-0.15, -0.1) is 0 Å². The summed E-state index contributed by atoms with van der Waals surface area (Å²) in [7, 11) is -3.21. The van der Waals surface area contributed by atoms with Gasteiger partial charge in [-0.05, 0) is 93.9 Å². The van der Waals surface area contributed by atoms with Crippen molar-refractivity contribution in [1.82, 2.24) is 10.0 Å². The molecule has 1 aliphatic carbocycles. The number of allylic oxidation sites excluding steroid dienone is 1. The van der Waals surface area contributed by atoms with Gasteiger partial charge in [0.1, 0.15) is 23.3 Å². The molecule has 1 heterocycles. The van der Waals surface area contributed by atoms with Crippen molar-refractivity contribution in [3.05, 3.63) is 47.4 Å². The van der Waals surface area contributed by atoms with Crippen molar-refractivity contribution >= 4 is 85.6 Å². The summed E-state index contributed by atoms with van der Waals surface area (Å²) in [5, 5.41) is 27.4. The fraction of sp³-hybridized carbons (Fsp3) is 0.429. The van der Waals surface area contributed by atoms with Crippen LogP contribution in [0.4, 0.5) is 0 Å². The Morgan fingerprint density at radius 2 is 1.95 bits per heavy atom. The van der Waals surface area contributed by atoms with Gasteiger partial charge in [0.2, 0.25) is 0 Å². The van der Waals surface area contributed by atoms with Crippen LogP contribution in [0.1, 0.15) is 24.5 Å². The van der Waals surface area contributed by atoms with E-state index in [0.717, 1.165) is 0 Å². The second-order valence-corrected chi connectivity index (χ2v) is 12.7. The molecule has 210 valence electrons. The van der Waals surface area contributed by atoms with Crippen LogP contribution in [0.3, 0.4) is 0 Å². The first-order valence-electron chi connectivity index (χ1n) is 10.8. The number of halogens is 4. The van der Waals surface area contributed by atoms with Gasteiger partial charge < -0.3 is 34.4 Å². The zero-order valence-corrected chi connectivity index (χ0v) is 29.7. The third-order valence-corrected chi connectivity index (χ3v) is 8.54. The Labute approximate surface area is 280 Å². The number of nitrogens with one attached hydrogen (secondary N) is 2. The molecule has 0 fully saturated rings. The third-order valence-electron chi connectivity index (χ3n) is 5.46. The predicted molar refractivity (Wildman–Crippen MR) is 149 cm³/mol. The Morgan fingerprint density at radius 1 is 1.31 bits per heavy atom. The largest absolute Gasteiger partial charge is 1.00 e. The van der Waals surface area contributed by atoms with Crippen LogP contribution in [0.2, 0.25) is 0 Å². The maximum atomic E-state index is 12.6. The molecule has 1 aromatic rings. The van der Waals surface area contributed by atoms with E-state index in [1.54, 1.807) is 10.8 Å². The molecule has 0 saturated heterocycles. The number of carbonyl (C=O) groups excluding carboxylic acids is 1. The smallest absolute Gasteiger partial charge is 0.735 e. The maximum Gasteiger partial charge on any atom is 1.00 e. The molecule has 0 aromatic heterocycles. The number of ether oxygens (including phenoxy) is 2. The van der Waals surface area contributed by atoms with Gasteiger partial charge in [-0.1, -0.05) is 5.16 Å². The molecule has 18 heteroatoms. The number of hydrogen-bond acceptors (Lipinski definition) is 10. The molecule has 0 bridgehead atoms. The van der Waals surface area contributed by atoms with Crippen molar-refractivity contribution in [1.29, 1.82) is 0 Å². The van der Waals surface area contributed by atoms with Crippen LogP contribution in [-0.2, 0) is 24.7 Å². The summed E-state index contributed by atoms with van der Waals surface area (Å²) in [5.41, 5.74) is -0.767. The molecule has 12 nitrogen and oxygen atoms in total. The number of oxime groups is 1. The standard InChI is InChI=1S/C21H23Br4N3O9S.Na/c1-35-18-13(24)7-21(19(30)16(18)25)8-14(28-37-21)20(31)26-3-2-4-36-17-11(22)5-10(6-12(17)23)15(29)9-27-38(32,33)34;/h5-7,15,19,27,29-30H,2-4,8-9H2,1H3,(H,26,31)(H,32,33,34);/q;+1/p-1/t15?,19-,21+;/m0./s1. The molecule has 0 radical (unpaired) electrons. The Kier molecular flexibility index (Phi) is 13.4. The third kappa shape index (κ3) is 8.97. The zero-order chi connectivity index (χ0) is 28.3. The van der Waals surface area contributed by atoms with Gasteiger partial charge in [-0.2, -0.15) is 0 Å². The molecular formula is C21H22Br4N3NaO9S. The molecule has 1 unspecified atom stereocenters. The SMILES string of the molecule is COC1=C(Br)[C@H](O)[C@@]2(C=C1Br)CC(C(=O)NCCCOc1c(Br)cc(C(O)CNS(=O)(=O)[O-])cc1Br)=NO2.[Na+]. The topological polar surface area (TPSA) is 179 Å². The fourth-order valence-corrected chi connectivity index (χ4v) is 7.18. The first-order chi connectivity index (χ1) is 17.8. The molecule has 0 saturated carbocycles. The molecular weight excluding hydrogens is 813 g/mol. The normalized spacial score (nSPS) is 21.5. The van der Waals surface area contributed by atoms with E-state index in [0.29, 0.717) is 41.4 Å². The van der Waals surface area contributed by atoms with Crippen LogP contribution in [-0.4, -0.2) is 73.3 Å². The minimum Gasteiger partial charge on any atom is -0.735 e. The number of aliphatic hydroxyl groups is 2. The van der Waals surface area contributed by atoms with Gasteiger partial charge in [-0.3, -0.25) is 4.79 Å². The van der Waals surface area contributed by atoms with Crippen molar-refractivity contribution < 1.29 is 71.8 Å². The summed E-state index contributed by atoms with van der Waals surface area (Å²) < 4.78 is 46.7. The predicted octanol–water partition coefficient (Wildman–Crippen LogP) is -0.395. The van der Waals surface area contributed by atoms with Crippen molar-refractivity contribution in [2.45, 2.75) is 30.7 Å². The van der Waals surface area contributed by atoms with Crippen molar-refractivity contribution in [2.75, 3.05) is 26.8 Å². The van der Waals surface area contributed by atoms with E-state index in [-0.39, 0.29) is 54.8 Å². The molecule has 2 aliphatic rings. The molecule has 1 aliphatic heterocycles. The average Bonchev–Trinajstić information content (AvgIpc) is 3.26. The maximum absolute atomic E-state index is 12.6. The van der Waals surface area contributed by atoms with Gasteiger partial charge in [-0.25, -0.2) is 13.1 Å².